The summed E-state index contributed by atoms with van der Waals surface area (Å²) in [5.41, 5.74) is 11.9. The van der Waals surface area contributed by atoms with Crippen LogP contribution in [0.1, 0.15) is 96.7 Å². The minimum Gasteiger partial charge on any atom is -0.501 e. The maximum atomic E-state index is 8.50. The second-order valence-electron chi connectivity index (χ2n) is 15.2. The number of furan rings is 1. The molecule has 293 valence electrons. The molecule has 0 aliphatic heterocycles. The smallest absolute Gasteiger partial charge is 0.121 e. The molecule has 9 rings (SSSR count). The summed E-state index contributed by atoms with van der Waals surface area (Å²) in [6.45, 7) is 7.69. The summed E-state index contributed by atoms with van der Waals surface area (Å²) >= 11 is 0. The third kappa shape index (κ3) is 7.82. The second-order valence-corrected chi connectivity index (χ2v) is 15.2. The summed E-state index contributed by atoms with van der Waals surface area (Å²) in [4.78, 5) is 9.38. The Morgan fingerprint density at radius 3 is 2.16 bits per heavy atom. The standard InChI is InChI=1S/C27H22NO.C26H27N2.Ir/c1-17(2)24-15-25(28-16-18(24)3)23-11-7-10-22-21-13-12-20(14-26(21)29-27(22)23)19-8-5-4-6-9-19;1-17(2)21-9-8-10-22(18(3)4)25(21)28-24-12-7-6-11-23(24)27-26(28)20-15-13-19(5)14-16-20;/h4-10,12-17H,1-3H3;6-15,17-18H,1-5H3;/q2*-1;/i3D3,17D;5D3;. The molecule has 0 saturated carbocycles. The van der Waals surface area contributed by atoms with E-state index in [1.54, 1.807) is 32.0 Å². The van der Waals surface area contributed by atoms with Gasteiger partial charge in [0.2, 0.25) is 0 Å². The molecule has 58 heavy (non-hydrogen) atoms. The van der Waals surface area contributed by atoms with Gasteiger partial charge >= 0.3 is 0 Å². The van der Waals surface area contributed by atoms with Crippen molar-refractivity contribution in [2.75, 3.05) is 0 Å². The Kier molecular flexibility index (Phi) is 9.53. The first-order chi connectivity index (χ1) is 30.3. The van der Waals surface area contributed by atoms with E-state index in [0.29, 0.717) is 34.2 Å². The number of para-hydroxylation sites is 3. The fraction of sp³-hybridized carbons (Fsp3) is 0.208. The largest absolute Gasteiger partial charge is 0.501 e. The van der Waals surface area contributed by atoms with E-state index >= 15 is 0 Å². The minimum atomic E-state index is -2.35. The summed E-state index contributed by atoms with van der Waals surface area (Å²) in [5, 5.41) is 1.92. The molecule has 0 saturated heterocycles. The van der Waals surface area contributed by atoms with E-state index in [1.807, 2.05) is 60.7 Å². The molecule has 6 aromatic carbocycles. The summed E-state index contributed by atoms with van der Waals surface area (Å²) in [6.07, 6.45) is 1.36. The third-order valence-electron chi connectivity index (χ3n) is 10.4. The van der Waals surface area contributed by atoms with Crippen LogP contribution in [-0.2, 0) is 20.1 Å². The normalized spacial score (nSPS) is 13.8. The van der Waals surface area contributed by atoms with Gasteiger partial charge in [-0.2, -0.15) is 0 Å². The second kappa shape index (κ2) is 17.1. The number of hydrogen-bond acceptors (Lipinski definition) is 3. The molecular formula is C53H49IrN3O-2. The Balaban J connectivity index is 0.000000191. The molecule has 0 amide bonds. The van der Waals surface area contributed by atoms with Gasteiger partial charge in [0, 0.05) is 47.0 Å². The van der Waals surface area contributed by atoms with Crippen molar-refractivity contribution in [1.82, 2.24) is 14.5 Å². The fourth-order valence-electron chi connectivity index (χ4n) is 7.51. The van der Waals surface area contributed by atoms with E-state index < -0.39 is 19.6 Å². The predicted molar refractivity (Wildman–Crippen MR) is 238 cm³/mol. The van der Waals surface area contributed by atoms with Crippen molar-refractivity contribution in [3.05, 3.63) is 174 Å². The third-order valence-corrected chi connectivity index (χ3v) is 10.4. The Morgan fingerprint density at radius 2 is 1.47 bits per heavy atom. The molecule has 9 aromatic rings. The zero-order valence-electron chi connectivity index (χ0n) is 40.4. The number of benzene rings is 6. The SMILES string of the molecule is [2H]C([2H])([2H])c1c[c-]c(-c2nc3ccccc3n2-c2c(C(C)C)cccc2C(C)C)cc1.[2H]C([2H])([2H])c1cnc(-c2[c-]ccc3c2oc2cc(-c4ccccc4)ccc23)cc1C([2H])(C)C.[Ir]. The predicted octanol–water partition coefficient (Wildman–Crippen LogP) is 14.6. The molecule has 4 nitrogen and oxygen atoms in total. The molecule has 0 aliphatic carbocycles. The van der Waals surface area contributed by atoms with E-state index in [4.69, 9.17) is 19.0 Å². The molecule has 3 heterocycles. The first-order valence-corrected chi connectivity index (χ1v) is 19.4. The topological polar surface area (TPSA) is 43.9 Å². The summed E-state index contributed by atoms with van der Waals surface area (Å²) < 4.78 is 63.5. The number of aryl methyl sites for hydroxylation is 2. The van der Waals surface area contributed by atoms with Crippen molar-refractivity contribution >= 4 is 33.0 Å². The molecule has 0 spiro atoms. The number of pyridine rings is 1. The number of rotatable bonds is 7. The Hall–Kier alpha value is -5.61. The Bertz CT molecular complexity index is 3100. The molecule has 0 atom stereocenters. The maximum absolute atomic E-state index is 8.50. The van der Waals surface area contributed by atoms with Gasteiger partial charge in [0.05, 0.1) is 22.4 Å². The fourth-order valence-corrected chi connectivity index (χ4v) is 7.51. The van der Waals surface area contributed by atoms with Gasteiger partial charge in [0.25, 0.3) is 0 Å². The van der Waals surface area contributed by atoms with Gasteiger partial charge in [-0.25, -0.2) is 0 Å². The van der Waals surface area contributed by atoms with Crippen LogP contribution >= 0.6 is 0 Å². The van der Waals surface area contributed by atoms with Crippen LogP contribution in [0.3, 0.4) is 0 Å². The zero-order valence-corrected chi connectivity index (χ0v) is 35.8. The summed E-state index contributed by atoms with van der Waals surface area (Å²) in [7, 11) is 0. The number of nitrogens with zero attached hydrogens (tertiary/aromatic N) is 3. The molecule has 0 fully saturated rings. The van der Waals surface area contributed by atoms with Crippen molar-refractivity contribution in [3.63, 3.8) is 0 Å². The van der Waals surface area contributed by atoms with Crippen molar-refractivity contribution < 1.29 is 34.1 Å². The van der Waals surface area contributed by atoms with Crippen molar-refractivity contribution in [1.29, 1.82) is 0 Å². The first-order valence-electron chi connectivity index (χ1n) is 22.9. The van der Waals surface area contributed by atoms with Gasteiger partial charge in [0.15, 0.2) is 0 Å². The quantitative estimate of drug-likeness (QED) is 0.150. The molecule has 1 radical (unpaired) electrons. The Morgan fingerprint density at radius 1 is 0.707 bits per heavy atom. The summed E-state index contributed by atoms with van der Waals surface area (Å²) in [6, 6.07) is 47.8. The number of fused-ring (bicyclic) bond motifs is 4. The summed E-state index contributed by atoms with van der Waals surface area (Å²) in [5.74, 6) is 0.343. The van der Waals surface area contributed by atoms with Crippen molar-refractivity contribution in [2.24, 2.45) is 0 Å². The van der Waals surface area contributed by atoms with Gasteiger partial charge < -0.3 is 14.0 Å². The molecular weight excluding hydrogens is 887 g/mol. The van der Waals surface area contributed by atoms with E-state index in [0.717, 1.165) is 55.6 Å². The van der Waals surface area contributed by atoms with E-state index in [-0.39, 0.29) is 31.2 Å². The van der Waals surface area contributed by atoms with E-state index in [1.165, 1.54) is 17.3 Å². The van der Waals surface area contributed by atoms with E-state index in [9.17, 15) is 0 Å². The van der Waals surface area contributed by atoms with Crippen LogP contribution < -0.4 is 0 Å². The average molecular weight is 943 g/mol. The minimum absolute atomic E-state index is 0. The van der Waals surface area contributed by atoms with Crippen molar-refractivity contribution in [3.8, 4) is 39.5 Å². The van der Waals surface area contributed by atoms with Gasteiger partial charge in [-0.15, -0.1) is 53.6 Å². The maximum Gasteiger partial charge on any atom is 0.121 e. The van der Waals surface area contributed by atoms with Crippen LogP contribution in [0.15, 0.2) is 138 Å². The molecule has 0 aliphatic rings. The van der Waals surface area contributed by atoms with Crippen LogP contribution in [0.5, 0.6) is 0 Å². The van der Waals surface area contributed by atoms with Crippen LogP contribution in [-0.4, -0.2) is 14.5 Å². The van der Waals surface area contributed by atoms with Crippen LogP contribution in [0, 0.1) is 25.8 Å². The van der Waals surface area contributed by atoms with Crippen LogP contribution in [0.4, 0.5) is 0 Å². The number of hydrogen-bond donors (Lipinski definition) is 0. The zero-order chi connectivity index (χ0) is 45.7. The van der Waals surface area contributed by atoms with Gasteiger partial charge in [-0.05, 0) is 81.9 Å². The monoisotopic (exact) mass is 943 g/mol. The molecule has 3 aromatic heterocycles. The number of imidazole rings is 1. The van der Waals surface area contributed by atoms with Gasteiger partial charge in [-0.3, -0.25) is 4.98 Å². The van der Waals surface area contributed by atoms with Gasteiger partial charge in [-0.1, -0.05) is 138 Å². The van der Waals surface area contributed by atoms with Crippen molar-refractivity contribution in [2.45, 2.75) is 73.0 Å². The first kappa shape index (κ1) is 32.4. The van der Waals surface area contributed by atoms with E-state index in [2.05, 4.69) is 97.9 Å². The Labute approximate surface area is 366 Å². The molecule has 0 bridgehead atoms. The van der Waals surface area contributed by atoms with Crippen LogP contribution in [0.2, 0.25) is 0 Å². The average Bonchev–Trinajstić information content (AvgIpc) is 3.84. The molecule has 0 N–H and O–H groups in total. The van der Waals surface area contributed by atoms with Crippen LogP contribution in [0.25, 0.3) is 72.4 Å². The molecule has 5 heteroatoms. The molecule has 0 unspecified atom stereocenters. The number of aromatic nitrogens is 3. The van der Waals surface area contributed by atoms with Gasteiger partial charge in [0.1, 0.15) is 5.58 Å².